The Morgan fingerprint density at radius 2 is 0.903 bits per heavy atom. The fraction of sp³-hybridized carbons (Fsp3) is 0.535. The van der Waals surface area contributed by atoms with E-state index in [4.69, 9.17) is 33.2 Å². The number of aryl methyl sites for hydroxylation is 2. The normalized spacial score (nSPS) is 10.9. The second-order valence-electron chi connectivity index (χ2n) is 14.2. The van der Waals surface area contributed by atoms with Crippen LogP contribution in [0.1, 0.15) is 84.8 Å². The van der Waals surface area contributed by atoms with Gasteiger partial charge in [-0.3, -0.25) is 39.4 Å². The molecule has 0 saturated carbocycles. The minimum Gasteiger partial charge on any atom is -0.465 e. The summed E-state index contributed by atoms with van der Waals surface area (Å²) in [5.41, 5.74) is 1.51. The molecule has 19 nitrogen and oxygen atoms in total. The highest BCUT2D eigenvalue weighted by Gasteiger charge is 2.38. The number of esters is 4. The van der Waals surface area contributed by atoms with Crippen LogP contribution >= 0.6 is 0 Å². The fourth-order valence-corrected chi connectivity index (χ4v) is 5.53. The second kappa shape index (κ2) is 26.9. The number of amides is 4. The smallest absolute Gasteiger partial charge is 0.412 e. The number of carbonyl (C=O) groups excluding carboxylic acids is 8. The Kier molecular flexibility index (Phi) is 22.5. The van der Waals surface area contributed by atoms with Gasteiger partial charge in [-0.05, 0) is 123 Å². The molecule has 0 aromatic heterocycles. The summed E-state index contributed by atoms with van der Waals surface area (Å²) in [7, 11) is 0. The first-order chi connectivity index (χ1) is 29.5. The van der Waals surface area contributed by atoms with Crippen LogP contribution in [0.25, 0.3) is 0 Å². The van der Waals surface area contributed by atoms with E-state index in [0.717, 1.165) is 0 Å². The molecule has 0 aliphatic heterocycles. The molecule has 2 aromatic carbocycles. The van der Waals surface area contributed by atoms with Crippen molar-refractivity contribution in [3.8, 4) is 0 Å². The van der Waals surface area contributed by atoms with Gasteiger partial charge in [0.25, 0.3) is 0 Å². The molecule has 342 valence electrons. The van der Waals surface area contributed by atoms with Crippen molar-refractivity contribution in [2.24, 2.45) is 11.8 Å². The standard InChI is InChI=1S/C43H60N4O15/c1-9-57-37(50)33(38(51)58-10-2)35(48)46-31-25-29(19-17-27(31)5)44-41(54)61-24-16-15-23-56-22-14-13-21-43(7,8)62-42(55)45-30-20-18-28(6)32(26-30)47-36(49)34(39(52)59-11-3)40(53)60-12-4/h17-20,25-26,33-34H,9-16,21-24H2,1-8H3,(H,44,54)(H,45,55)(H,46,48)(H,47,49). The van der Waals surface area contributed by atoms with Gasteiger partial charge in [0.15, 0.2) is 0 Å². The van der Waals surface area contributed by atoms with Crippen LogP contribution in [0.2, 0.25) is 0 Å². The number of rotatable bonds is 25. The molecule has 4 amide bonds. The number of hydrogen-bond donors (Lipinski definition) is 4. The van der Waals surface area contributed by atoms with Crippen LogP contribution in [0.4, 0.5) is 32.3 Å². The highest BCUT2D eigenvalue weighted by atomic mass is 16.6. The number of unbranched alkanes of at least 4 members (excludes halogenated alkanes) is 2. The van der Waals surface area contributed by atoms with E-state index in [0.29, 0.717) is 67.8 Å². The predicted molar refractivity (Wildman–Crippen MR) is 226 cm³/mol. The van der Waals surface area contributed by atoms with Gasteiger partial charge >= 0.3 is 36.1 Å². The Morgan fingerprint density at radius 1 is 0.516 bits per heavy atom. The summed E-state index contributed by atoms with van der Waals surface area (Å²) in [6.45, 7) is 14.1. The monoisotopic (exact) mass is 872 g/mol. The third-order valence-electron chi connectivity index (χ3n) is 8.70. The van der Waals surface area contributed by atoms with Crippen molar-refractivity contribution < 1.29 is 71.5 Å². The van der Waals surface area contributed by atoms with Crippen molar-refractivity contribution in [3.63, 3.8) is 0 Å². The average molecular weight is 873 g/mol. The summed E-state index contributed by atoms with van der Waals surface area (Å²) in [4.78, 5) is 100. The van der Waals surface area contributed by atoms with E-state index in [-0.39, 0.29) is 44.4 Å². The predicted octanol–water partition coefficient (Wildman–Crippen LogP) is 6.21. The number of nitrogens with one attached hydrogen (secondary N) is 4. The molecule has 0 unspecified atom stereocenters. The molecular weight excluding hydrogens is 812 g/mol. The van der Waals surface area contributed by atoms with Gasteiger partial charge in [-0.2, -0.15) is 0 Å². The molecule has 2 aromatic rings. The molecule has 0 atom stereocenters. The summed E-state index contributed by atoms with van der Waals surface area (Å²) >= 11 is 0. The van der Waals surface area contributed by atoms with Crippen molar-refractivity contribution in [1.29, 1.82) is 0 Å². The Balaban J connectivity index is 1.72. The molecule has 0 bridgehead atoms. The maximum Gasteiger partial charge on any atom is 0.412 e. The topological polar surface area (TPSA) is 249 Å². The van der Waals surface area contributed by atoms with Crippen molar-refractivity contribution in [2.45, 2.75) is 93.1 Å². The van der Waals surface area contributed by atoms with E-state index in [1.807, 2.05) is 0 Å². The quantitative estimate of drug-likeness (QED) is 0.0375. The number of carbonyl (C=O) groups is 8. The largest absolute Gasteiger partial charge is 0.465 e. The molecule has 0 radical (unpaired) electrons. The van der Waals surface area contributed by atoms with Gasteiger partial charge in [-0.1, -0.05) is 12.1 Å². The maximum atomic E-state index is 12.9. The second-order valence-corrected chi connectivity index (χ2v) is 14.2. The molecule has 0 aliphatic rings. The average Bonchev–Trinajstić information content (AvgIpc) is 3.18. The minimum atomic E-state index is -1.82. The number of anilines is 4. The number of ether oxygens (including phenoxy) is 7. The molecule has 62 heavy (non-hydrogen) atoms. The SMILES string of the molecule is CCOC(=O)C(C(=O)Nc1cc(NC(=O)OCCCCOCCCCC(C)(C)OC(=O)Nc2ccc(C)c(NC(=O)C(C(=O)OCC)C(=O)OCC)c2)ccc1C)C(=O)OCC. The first-order valence-electron chi connectivity index (χ1n) is 20.5. The first-order valence-corrected chi connectivity index (χ1v) is 20.5. The zero-order chi connectivity index (χ0) is 46.2. The van der Waals surface area contributed by atoms with Crippen LogP contribution in [-0.2, 0) is 61.9 Å². The van der Waals surface area contributed by atoms with Crippen LogP contribution in [0.15, 0.2) is 36.4 Å². The molecule has 0 fully saturated rings. The lowest BCUT2D eigenvalue weighted by molar-refractivity contribution is -0.166. The zero-order valence-corrected chi connectivity index (χ0v) is 36.7. The van der Waals surface area contributed by atoms with Gasteiger partial charge in [0.1, 0.15) is 5.60 Å². The van der Waals surface area contributed by atoms with Gasteiger partial charge in [0, 0.05) is 36.0 Å². The van der Waals surface area contributed by atoms with Gasteiger partial charge in [-0.15, -0.1) is 0 Å². The lowest BCUT2D eigenvalue weighted by atomic mass is 10.0. The van der Waals surface area contributed by atoms with Crippen LogP contribution in [0, 0.1) is 25.7 Å². The van der Waals surface area contributed by atoms with Gasteiger partial charge in [-0.25, -0.2) is 9.59 Å². The van der Waals surface area contributed by atoms with E-state index < -0.39 is 65.3 Å². The summed E-state index contributed by atoms with van der Waals surface area (Å²) < 4.78 is 36.1. The van der Waals surface area contributed by atoms with Crippen molar-refractivity contribution in [3.05, 3.63) is 47.5 Å². The Labute approximate surface area is 361 Å². The van der Waals surface area contributed by atoms with Crippen molar-refractivity contribution in [1.82, 2.24) is 0 Å². The third-order valence-corrected chi connectivity index (χ3v) is 8.70. The molecular formula is C43H60N4O15. The Hall–Kier alpha value is -6.24. The Bertz CT molecular complexity index is 1830. The molecule has 4 N–H and O–H groups in total. The molecule has 0 aliphatic carbocycles. The van der Waals surface area contributed by atoms with E-state index in [2.05, 4.69) is 21.3 Å². The lowest BCUT2D eigenvalue weighted by Crippen LogP contribution is -2.38. The molecule has 0 spiro atoms. The van der Waals surface area contributed by atoms with Crippen molar-refractivity contribution in [2.75, 3.05) is 67.5 Å². The summed E-state index contributed by atoms with van der Waals surface area (Å²) in [5.74, 6) is -9.64. The van der Waals surface area contributed by atoms with Crippen LogP contribution in [-0.4, -0.2) is 99.7 Å². The summed E-state index contributed by atoms with van der Waals surface area (Å²) in [6, 6.07) is 9.43. The number of benzene rings is 2. The maximum absolute atomic E-state index is 12.9. The zero-order valence-electron chi connectivity index (χ0n) is 36.7. The lowest BCUT2D eigenvalue weighted by Gasteiger charge is -2.25. The third kappa shape index (κ3) is 18.2. The van der Waals surface area contributed by atoms with Crippen LogP contribution in [0.3, 0.4) is 0 Å². The van der Waals surface area contributed by atoms with Crippen LogP contribution < -0.4 is 21.3 Å². The fourth-order valence-electron chi connectivity index (χ4n) is 5.53. The first kappa shape index (κ1) is 51.9. The van der Waals surface area contributed by atoms with Gasteiger partial charge in [0.2, 0.25) is 23.7 Å². The van der Waals surface area contributed by atoms with Crippen LogP contribution in [0.5, 0.6) is 0 Å². The van der Waals surface area contributed by atoms with E-state index >= 15 is 0 Å². The number of hydrogen-bond acceptors (Lipinski definition) is 15. The van der Waals surface area contributed by atoms with Crippen molar-refractivity contribution >= 4 is 70.6 Å². The van der Waals surface area contributed by atoms with E-state index in [9.17, 15) is 38.4 Å². The van der Waals surface area contributed by atoms with E-state index in [1.54, 1.807) is 79.7 Å². The van der Waals surface area contributed by atoms with E-state index in [1.165, 1.54) is 12.1 Å². The van der Waals surface area contributed by atoms with Gasteiger partial charge < -0.3 is 43.8 Å². The molecule has 0 heterocycles. The highest BCUT2D eigenvalue weighted by Crippen LogP contribution is 2.25. The summed E-state index contributed by atoms with van der Waals surface area (Å²) in [5, 5.41) is 10.3. The molecule has 2 rings (SSSR count). The molecule has 0 saturated heterocycles. The Morgan fingerprint density at radius 3 is 1.32 bits per heavy atom. The van der Waals surface area contributed by atoms with Gasteiger partial charge in [0.05, 0.1) is 33.0 Å². The minimum absolute atomic E-state index is 0.0314. The summed E-state index contributed by atoms with van der Waals surface area (Å²) in [6.07, 6.45) is 1.69. The molecule has 19 heteroatoms. The highest BCUT2D eigenvalue weighted by molar-refractivity contribution is 6.19.